The number of nitrogens with zero attached hydrogens (tertiary/aromatic N) is 2. The van der Waals surface area contributed by atoms with E-state index in [4.69, 9.17) is 14.2 Å². The third-order valence-corrected chi connectivity index (χ3v) is 6.93. The third kappa shape index (κ3) is 8.96. The van der Waals surface area contributed by atoms with Crippen LogP contribution in [0, 0.1) is 5.82 Å². The van der Waals surface area contributed by atoms with Crippen LogP contribution in [0.3, 0.4) is 0 Å². The van der Waals surface area contributed by atoms with Crippen molar-refractivity contribution in [2.75, 3.05) is 51.9 Å². The van der Waals surface area contributed by atoms with Crippen LogP contribution in [0.2, 0.25) is 0 Å². The third-order valence-electron chi connectivity index (χ3n) is 6.93. The van der Waals surface area contributed by atoms with Gasteiger partial charge in [-0.15, -0.1) is 0 Å². The molecule has 6 nitrogen and oxygen atoms in total. The van der Waals surface area contributed by atoms with Crippen LogP contribution < -0.4 is 19.1 Å². The van der Waals surface area contributed by atoms with Gasteiger partial charge in [0.15, 0.2) is 11.5 Å². The number of amides is 1. The highest BCUT2D eigenvalue weighted by atomic mass is 19.1. The fourth-order valence-electron chi connectivity index (χ4n) is 4.66. The maximum atomic E-state index is 13.2. The van der Waals surface area contributed by atoms with Gasteiger partial charge in [0.2, 0.25) is 11.7 Å². The molecule has 1 saturated heterocycles. The van der Waals surface area contributed by atoms with Gasteiger partial charge in [0.1, 0.15) is 5.82 Å². The largest absolute Gasteiger partial charge is 0.493 e. The molecule has 0 N–H and O–H groups in total. The molecule has 1 aliphatic heterocycles. The van der Waals surface area contributed by atoms with E-state index in [-0.39, 0.29) is 11.7 Å². The zero-order chi connectivity index (χ0) is 27.2. The quantitative estimate of drug-likeness (QED) is 0.190. The number of benzene rings is 2. The molecule has 1 heterocycles. The topological polar surface area (TPSA) is 51.2 Å². The molecule has 208 valence electrons. The maximum absolute atomic E-state index is 13.2. The second-order valence-electron chi connectivity index (χ2n) is 9.70. The van der Waals surface area contributed by atoms with Crippen LogP contribution in [-0.4, -0.2) is 57.8 Å². The predicted molar refractivity (Wildman–Crippen MR) is 152 cm³/mol. The highest BCUT2D eigenvalue weighted by Crippen LogP contribution is 2.39. The summed E-state index contributed by atoms with van der Waals surface area (Å²) in [6.07, 6.45) is 13.3. The Morgan fingerprint density at radius 1 is 0.868 bits per heavy atom. The molecular weight excluding hydrogens is 483 g/mol. The van der Waals surface area contributed by atoms with E-state index in [0.717, 1.165) is 24.1 Å². The lowest BCUT2D eigenvalue weighted by Gasteiger charge is -2.35. The number of hydrogen-bond donors (Lipinski definition) is 0. The minimum atomic E-state index is -0.246. The second kappa shape index (κ2) is 15.9. The first-order valence-electron chi connectivity index (χ1n) is 13.9. The summed E-state index contributed by atoms with van der Waals surface area (Å²) in [5, 5.41) is 0. The number of anilines is 1. The van der Waals surface area contributed by atoms with Crippen LogP contribution in [-0.2, 0) is 4.79 Å². The summed E-state index contributed by atoms with van der Waals surface area (Å²) in [5.74, 6) is 1.48. The van der Waals surface area contributed by atoms with Crippen LogP contribution in [0.15, 0.2) is 42.5 Å². The zero-order valence-electron chi connectivity index (χ0n) is 23.2. The number of carbonyl (C=O) groups excluding carboxylic acids is 1. The molecule has 3 rings (SSSR count). The Hall–Kier alpha value is -3.22. The smallest absolute Gasteiger partial charge is 0.246 e. The molecule has 1 fully saturated rings. The maximum Gasteiger partial charge on any atom is 0.246 e. The standard InChI is InChI=1S/C31H43FN2O4/c1-4-5-6-7-8-9-10-11-22-38-31-28(36-2)23-25(24-29(31)37-3)12-17-30(35)34-20-18-33(19-21-34)27-15-13-26(32)14-16-27/h12-17,23-24H,4-11,18-22H2,1-3H3/b17-12+. The second-order valence-corrected chi connectivity index (χ2v) is 9.70. The Kier molecular flexibility index (Phi) is 12.3. The molecule has 0 unspecified atom stereocenters. The number of methoxy groups -OCH3 is 2. The van der Waals surface area contributed by atoms with Gasteiger partial charge in [-0.05, 0) is 54.5 Å². The van der Waals surface area contributed by atoms with Crippen molar-refractivity contribution in [1.82, 2.24) is 4.90 Å². The van der Waals surface area contributed by atoms with Crippen molar-refractivity contribution in [2.24, 2.45) is 0 Å². The van der Waals surface area contributed by atoms with Gasteiger partial charge in [-0.2, -0.15) is 0 Å². The van der Waals surface area contributed by atoms with Crippen molar-refractivity contribution in [1.29, 1.82) is 0 Å². The monoisotopic (exact) mass is 526 g/mol. The minimum absolute atomic E-state index is 0.0447. The molecular formula is C31H43FN2O4. The molecule has 0 radical (unpaired) electrons. The number of rotatable bonds is 15. The minimum Gasteiger partial charge on any atom is -0.493 e. The fraction of sp³-hybridized carbons (Fsp3) is 0.516. The van der Waals surface area contributed by atoms with E-state index in [9.17, 15) is 9.18 Å². The Balaban J connectivity index is 1.50. The first-order chi connectivity index (χ1) is 18.5. The lowest BCUT2D eigenvalue weighted by atomic mass is 10.1. The SMILES string of the molecule is CCCCCCCCCCOc1c(OC)cc(/C=C/C(=O)N2CCN(c3ccc(F)cc3)CC2)cc1OC. The molecule has 0 aromatic heterocycles. The Bertz CT molecular complexity index is 992. The number of halogens is 1. The van der Waals surface area contributed by atoms with Gasteiger partial charge < -0.3 is 24.0 Å². The van der Waals surface area contributed by atoms with Crippen molar-refractivity contribution in [3.8, 4) is 17.2 Å². The van der Waals surface area contributed by atoms with E-state index in [1.165, 1.54) is 50.7 Å². The van der Waals surface area contributed by atoms with Gasteiger partial charge in [-0.25, -0.2) is 4.39 Å². The summed E-state index contributed by atoms with van der Waals surface area (Å²) in [4.78, 5) is 16.8. The van der Waals surface area contributed by atoms with Crippen molar-refractivity contribution in [3.63, 3.8) is 0 Å². The zero-order valence-corrected chi connectivity index (χ0v) is 23.2. The summed E-state index contributed by atoms with van der Waals surface area (Å²) in [7, 11) is 3.22. The summed E-state index contributed by atoms with van der Waals surface area (Å²) in [6, 6.07) is 10.2. The summed E-state index contributed by atoms with van der Waals surface area (Å²) in [5.41, 5.74) is 1.77. The Morgan fingerprint density at radius 3 is 2.03 bits per heavy atom. The van der Waals surface area contributed by atoms with Crippen LogP contribution in [0.25, 0.3) is 6.08 Å². The Morgan fingerprint density at radius 2 is 1.45 bits per heavy atom. The van der Waals surface area contributed by atoms with Crippen molar-refractivity contribution in [3.05, 3.63) is 53.9 Å². The van der Waals surface area contributed by atoms with E-state index in [1.54, 1.807) is 38.5 Å². The normalized spacial score (nSPS) is 13.7. The lowest BCUT2D eigenvalue weighted by Crippen LogP contribution is -2.48. The molecule has 0 saturated carbocycles. The highest BCUT2D eigenvalue weighted by molar-refractivity contribution is 5.92. The van der Waals surface area contributed by atoms with E-state index in [1.807, 2.05) is 17.0 Å². The number of piperazine rings is 1. The molecule has 7 heteroatoms. The first kappa shape index (κ1) is 29.3. The van der Waals surface area contributed by atoms with Crippen LogP contribution in [0.5, 0.6) is 17.2 Å². The van der Waals surface area contributed by atoms with Crippen molar-refractivity contribution in [2.45, 2.75) is 58.3 Å². The van der Waals surface area contributed by atoms with Crippen molar-refractivity contribution < 1.29 is 23.4 Å². The van der Waals surface area contributed by atoms with Crippen LogP contribution in [0.4, 0.5) is 10.1 Å². The van der Waals surface area contributed by atoms with Gasteiger partial charge >= 0.3 is 0 Å². The van der Waals surface area contributed by atoms with E-state index in [0.29, 0.717) is 50.0 Å². The molecule has 38 heavy (non-hydrogen) atoms. The number of hydrogen-bond acceptors (Lipinski definition) is 5. The van der Waals surface area contributed by atoms with Crippen LogP contribution in [0.1, 0.15) is 63.9 Å². The predicted octanol–water partition coefficient (Wildman–Crippen LogP) is 6.72. The molecule has 1 aliphatic rings. The van der Waals surface area contributed by atoms with Gasteiger partial charge in [-0.1, -0.05) is 51.9 Å². The molecule has 0 aliphatic carbocycles. The summed E-state index contributed by atoms with van der Waals surface area (Å²) >= 11 is 0. The molecule has 2 aromatic carbocycles. The Labute approximate surface area is 227 Å². The highest BCUT2D eigenvalue weighted by Gasteiger charge is 2.20. The van der Waals surface area contributed by atoms with Gasteiger partial charge in [-0.3, -0.25) is 4.79 Å². The number of ether oxygens (including phenoxy) is 3. The van der Waals surface area contributed by atoms with Crippen LogP contribution >= 0.6 is 0 Å². The molecule has 0 atom stereocenters. The summed E-state index contributed by atoms with van der Waals surface area (Å²) < 4.78 is 30.4. The number of unbranched alkanes of at least 4 members (excludes halogenated alkanes) is 7. The lowest BCUT2D eigenvalue weighted by molar-refractivity contribution is -0.126. The van der Waals surface area contributed by atoms with Crippen molar-refractivity contribution >= 4 is 17.7 Å². The fourth-order valence-corrected chi connectivity index (χ4v) is 4.66. The van der Waals surface area contributed by atoms with Gasteiger partial charge in [0, 0.05) is 37.9 Å². The number of carbonyl (C=O) groups is 1. The van der Waals surface area contributed by atoms with E-state index >= 15 is 0 Å². The molecule has 0 bridgehead atoms. The van der Waals surface area contributed by atoms with Gasteiger partial charge in [0.05, 0.1) is 20.8 Å². The average Bonchev–Trinajstić information content (AvgIpc) is 2.95. The average molecular weight is 527 g/mol. The van der Waals surface area contributed by atoms with Gasteiger partial charge in [0.25, 0.3) is 0 Å². The summed E-state index contributed by atoms with van der Waals surface area (Å²) in [6.45, 7) is 5.48. The molecule has 2 aromatic rings. The molecule has 0 spiro atoms. The molecule has 1 amide bonds. The van der Waals surface area contributed by atoms with E-state index < -0.39 is 0 Å². The van der Waals surface area contributed by atoms with E-state index in [2.05, 4.69) is 11.8 Å². The first-order valence-corrected chi connectivity index (χ1v) is 13.9.